The van der Waals surface area contributed by atoms with Crippen LogP contribution in [0.5, 0.6) is 0 Å². The number of H-pyrrole nitrogens is 1. The fourth-order valence-corrected chi connectivity index (χ4v) is 3.92. The van der Waals surface area contributed by atoms with Crippen molar-refractivity contribution in [1.29, 1.82) is 0 Å². The molecule has 0 saturated heterocycles. The van der Waals surface area contributed by atoms with Crippen LogP contribution in [0.1, 0.15) is 42.8 Å². The molecule has 2 aromatic heterocycles. The van der Waals surface area contributed by atoms with E-state index in [9.17, 15) is 26.3 Å². The number of nitrogens with zero attached hydrogens (tertiary/aromatic N) is 4. The van der Waals surface area contributed by atoms with Crippen LogP contribution in [-0.4, -0.2) is 26.5 Å². The van der Waals surface area contributed by atoms with Crippen molar-refractivity contribution in [2.45, 2.75) is 38.7 Å². The van der Waals surface area contributed by atoms with Crippen LogP contribution in [-0.2, 0) is 18.8 Å². The first-order valence-electron chi connectivity index (χ1n) is 9.46. The summed E-state index contributed by atoms with van der Waals surface area (Å²) < 4.78 is 79.5. The van der Waals surface area contributed by atoms with E-state index in [1.165, 1.54) is 4.90 Å². The lowest BCUT2D eigenvalue weighted by molar-refractivity contribution is -0.155. The smallest absolute Gasteiger partial charge is 0.356 e. The molecule has 3 heterocycles. The van der Waals surface area contributed by atoms with E-state index in [1.54, 1.807) is 38.1 Å². The Morgan fingerprint density at radius 1 is 1.06 bits per heavy atom. The number of aromatic nitrogens is 4. The van der Waals surface area contributed by atoms with Crippen LogP contribution < -0.4 is 4.90 Å². The highest BCUT2D eigenvalue weighted by molar-refractivity contribution is 6.31. The maximum absolute atomic E-state index is 13.3. The summed E-state index contributed by atoms with van der Waals surface area (Å²) in [6, 6.07) is 4.52. The van der Waals surface area contributed by atoms with Crippen molar-refractivity contribution in [3.63, 3.8) is 0 Å². The van der Waals surface area contributed by atoms with Gasteiger partial charge >= 0.3 is 12.4 Å². The second-order valence-electron chi connectivity index (χ2n) is 7.62. The number of anilines is 1. The Kier molecular flexibility index (Phi) is 5.35. The average Bonchev–Trinajstić information content (AvgIpc) is 3.04. The zero-order valence-electron chi connectivity index (χ0n) is 16.7. The SMILES string of the molecule is CC(C)=C[C@H]1c2[nH]c3ccc(Cl)cc3c2CCN1c1nc(C(F)(F)F)nc(C(F)(F)F)n1. The van der Waals surface area contributed by atoms with Crippen molar-refractivity contribution in [3.05, 3.63) is 57.8 Å². The van der Waals surface area contributed by atoms with Crippen molar-refractivity contribution >= 4 is 28.5 Å². The van der Waals surface area contributed by atoms with E-state index in [1.807, 2.05) is 0 Å². The summed E-state index contributed by atoms with van der Waals surface area (Å²) in [6.07, 6.45) is -8.25. The van der Waals surface area contributed by atoms with Gasteiger partial charge in [-0.2, -0.15) is 36.3 Å². The highest BCUT2D eigenvalue weighted by Crippen LogP contribution is 2.39. The van der Waals surface area contributed by atoms with Gasteiger partial charge in [-0.15, -0.1) is 0 Å². The number of allylic oxidation sites excluding steroid dienone is 1. The molecule has 0 radical (unpaired) electrons. The molecule has 12 heteroatoms. The molecule has 5 nitrogen and oxygen atoms in total. The van der Waals surface area contributed by atoms with Crippen molar-refractivity contribution in [1.82, 2.24) is 19.9 Å². The summed E-state index contributed by atoms with van der Waals surface area (Å²) in [7, 11) is 0. The van der Waals surface area contributed by atoms with Crippen LogP contribution in [0.2, 0.25) is 5.02 Å². The Bertz CT molecular complexity index is 1180. The van der Waals surface area contributed by atoms with Gasteiger partial charge in [0.05, 0.1) is 6.04 Å². The van der Waals surface area contributed by atoms with Gasteiger partial charge in [-0.1, -0.05) is 23.3 Å². The van der Waals surface area contributed by atoms with E-state index >= 15 is 0 Å². The third-order valence-corrected chi connectivity index (χ3v) is 5.25. The lowest BCUT2D eigenvalue weighted by atomic mass is 9.96. The van der Waals surface area contributed by atoms with Crippen LogP contribution in [0, 0.1) is 0 Å². The molecule has 0 spiro atoms. The first-order valence-corrected chi connectivity index (χ1v) is 9.84. The van der Waals surface area contributed by atoms with Crippen molar-refractivity contribution in [2.24, 2.45) is 0 Å². The number of fused-ring (bicyclic) bond motifs is 3. The zero-order chi connectivity index (χ0) is 23.4. The lowest BCUT2D eigenvalue weighted by Gasteiger charge is -2.34. The Balaban J connectivity index is 1.90. The quantitative estimate of drug-likeness (QED) is 0.359. The summed E-state index contributed by atoms with van der Waals surface area (Å²) in [5.74, 6) is -4.47. The van der Waals surface area contributed by atoms with Crippen molar-refractivity contribution in [2.75, 3.05) is 11.4 Å². The molecule has 0 unspecified atom stereocenters. The molecule has 1 aliphatic heterocycles. The molecule has 1 aliphatic rings. The molecule has 170 valence electrons. The van der Waals surface area contributed by atoms with Crippen molar-refractivity contribution < 1.29 is 26.3 Å². The molecule has 0 amide bonds. The first kappa shape index (κ1) is 22.4. The van der Waals surface area contributed by atoms with E-state index in [-0.39, 0.29) is 6.54 Å². The molecule has 1 atom stereocenters. The number of nitrogens with one attached hydrogen (secondary N) is 1. The monoisotopic (exact) mass is 475 g/mol. The Hall–Kier alpha value is -2.82. The molecule has 32 heavy (non-hydrogen) atoms. The second-order valence-corrected chi connectivity index (χ2v) is 8.05. The molecule has 0 bridgehead atoms. The van der Waals surface area contributed by atoms with Gasteiger partial charge in [0.15, 0.2) is 0 Å². The van der Waals surface area contributed by atoms with E-state index < -0.39 is 36.0 Å². The third-order valence-electron chi connectivity index (χ3n) is 5.01. The highest BCUT2D eigenvalue weighted by Gasteiger charge is 2.43. The number of hydrogen-bond acceptors (Lipinski definition) is 4. The maximum atomic E-state index is 13.3. The molecule has 4 rings (SSSR count). The number of benzene rings is 1. The lowest BCUT2D eigenvalue weighted by Crippen LogP contribution is -2.37. The summed E-state index contributed by atoms with van der Waals surface area (Å²) in [4.78, 5) is 13.9. The molecule has 1 aromatic carbocycles. The zero-order valence-corrected chi connectivity index (χ0v) is 17.5. The van der Waals surface area contributed by atoms with Crippen LogP contribution in [0.25, 0.3) is 10.9 Å². The standard InChI is InChI=1S/C20H16ClF6N5/c1-9(2)7-14-15-11(12-8-10(21)3-4-13(12)28-15)5-6-32(14)18-30-16(19(22,23)24)29-17(31-18)20(25,26)27/h3-4,7-8,14,28H,5-6H2,1-2H3/t14-/m0/s1. The summed E-state index contributed by atoms with van der Waals surface area (Å²) in [5, 5.41) is 1.37. The predicted molar refractivity (Wildman–Crippen MR) is 106 cm³/mol. The van der Waals surface area contributed by atoms with E-state index in [0.29, 0.717) is 17.1 Å². The van der Waals surface area contributed by atoms with Gasteiger partial charge in [0.25, 0.3) is 0 Å². The van der Waals surface area contributed by atoms with Crippen LogP contribution >= 0.6 is 11.6 Å². The molecule has 1 N–H and O–H groups in total. The van der Waals surface area contributed by atoms with Gasteiger partial charge in [-0.3, -0.25) is 0 Å². The van der Waals surface area contributed by atoms with Crippen LogP contribution in [0.15, 0.2) is 29.8 Å². The van der Waals surface area contributed by atoms with Gasteiger partial charge in [-0.05, 0) is 44.0 Å². The topological polar surface area (TPSA) is 57.7 Å². The van der Waals surface area contributed by atoms with E-state index in [0.717, 1.165) is 22.0 Å². The average molecular weight is 476 g/mol. The first-order chi connectivity index (χ1) is 14.8. The van der Waals surface area contributed by atoms with E-state index in [4.69, 9.17) is 11.6 Å². The normalized spacial score (nSPS) is 16.9. The highest BCUT2D eigenvalue weighted by atomic mass is 35.5. The maximum Gasteiger partial charge on any atom is 0.451 e. The van der Waals surface area contributed by atoms with Gasteiger partial charge < -0.3 is 9.88 Å². The third kappa shape index (κ3) is 4.13. The molecule has 3 aromatic rings. The summed E-state index contributed by atoms with van der Waals surface area (Å²) in [6.45, 7) is 3.66. The fraction of sp³-hybridized carbons (Fsp3) is 0.350. The van der Waals surface area contributed by atoms with Gasteiger partial charge in [0.2, 0.25) is 17.6 Å². The predicted octanol–water partition coefficient (Wildman–Crippen LogP) is 6.11. The van der Waals surface area contributed by atoms with Crippen LogP contribution in [0.4, 0.5) is 32.3 Å². The molecule has 0 aliphatic carbocycles. The number of alkyl halides is 6. The van der Waals surface area contributed by atoms with Crippen molar-refractivity contribution in [3.8, 4) is 0 Å². The Morgan fingerprint density at radius 2 is 1.69 bits per heavy atom. The summed E-state index contributed by atoms with van der Waals surface area (Å²) >= 11 is 6.11. The molecule has 0 saturated carbocycles. The minimum absolute atomic E-state index is 0.0967. The number of aromatic amines is 1. The molecule has 0 fully saturated rings. The largest absolute Gasteiger partial charge is 0.451 e. The fourth-order valence-electron chi connectivity index (χ4n) is 3.75. The van der Waals surface area contributed by atoms with E-state index in [2.05, 4.69) is 19.9 Å². The Morgan fingerprint density at radius 3 is 2.25 bits per heavy atom. The van der Waals surface area contributed by atoms with Gasteiger partial charge in [-0.25, -0.2) is 4.98 Å². The molecular formula is C20H16ClF6N5. The number of hydrogen-bond donors (Lipinski definition) is 1. The minimum atomic E-state index is -5.16. The minimum Gasteiger partial charge on any atom is -0.356 e. The number of halogens is 7. The Labute approximate surface area is 183 Å². The van der Waals surface area contributed by atoms with Crippen LogP contribution in [0.3, 0.4) is 0 Å². The van der Waals surface area contributed by atoms with Gasteiger partial charge in [0.1, 0.15) is 0 Å². The molecular weight excluding hydrogens is 460 g/mol. The number of rotatable bonds is 2. The summed E-state index contributed by atoms with van der Waals surface area (Å²) in [5.41, 5.74) is 3.10. The van der Waals surface area contributed by atoms with Gasteiger partial charge in [0, 0.05) is 28.2 Å². The second kappa shape index (κ2) is 7.65.